The Kier molecular flexibility index (Phi) is 8.21. The highest BCUT2D eigenvalue weighted by Crippen LogP contribution is 2.19. The highest BCUT2D eigenvalue weighted by atomic mass is 16.6. The second-order valence-corrected chi connectivity index (χ2v) is 6.77. The highest BCUT2D eigenvalue weighted by molar-refractivity contribution is 5.79. The van der Waals surface area contributed by atoms with Crippen LogP contribution in [0.25, 0.3) is 0 Å². The molecule has 2 amide bonds. The van der Waals surface area contributed by atoms with Gasteiger partial charge in [-0.05, 0) is 24.5 Å². The fourth-order valence-corrected chi connectivity index (χ4v) is 2.74. The van der Waals surface area contributed by atoms with E-state index in [1.807, 2.05) is 67.6 Å². The molecule has 29 heavy (non-hydrogen) atoms. The zero-order valence-electron chi connectivity index (χ0n) is 16.7. The summed E-state index contributed by atoms with van der Waals surface area (Å²) in [5, 5.41) is 0.903. The first-order valence-electron chi connectivity index (χ1n) is 9.43. The Bertz CT molecular complexity index is 797. The molecule has 0 spiro atoms. The van der Waals surface area contributed by atoms with Crippen molar-refractivity contribution in [1.29, 1.82) is 0 Å². The van der Waals surface area contributed by atoms with Crippen molar-refractivity contribution < 1.29 is 23.9 Å². The molecule has 0 aliphatic carbocycles. The van der Waals surface area contributed by atoms with Crippen molar-refractivity contribution >= 4 is 18.5 Å². The summed E-state index contributed by atoms with van der Waals surface area (Å²) in [7, 11) is 0. The maximum atomic E-state index is 12.7. The third kappa shape index (κ3) is 6.64. The molecule has 7 heteroatoms. The summed E-state index contributed by atoms with van der Waals surface area (Å²) >= 11 is 0. The highest BCUT2D eigenvalue weighted by Gasteiger charge is 2.37. The number of carbonyl (C=O) groups excluding carboxylic acids is 3. The van der Waals surface area contributed by atoms with Crippen molar-refractivity contribution in [3.8, 4) is 0 Å². The van der Waals surface area contributed by atoms with Gasteiger partial charge in [-0.2, -0.15) is 0 Å². The first-order chi connectivity index (χ1) is 14.0. The SMILES string of the molecule is CCCC(C)(C=O)N(NC(=O)OCc1ccccc1)C(=O)OCc1ccccc1. The van der Waals surface area contributed by atoms with Gasteiger partial charge in [0.15, 0.2) is 0 Å². The van der Waals surface area contributed by atoms with Crippen LogP contribution in [-0.2, 0) is 27.5 Å². The van der Waals surface area contributed by atoms with Gasteiger partial charge < -0.3 is 14.3 Å². The maximum Gasteiger partial charge on any atom is 0.430 e. The van der Waals surface area contributed by atoms with E-state index in [9.17, 15) is 14.4 Å². The molecule has 2 aromatic rings. The number of hydrogen-bond donors (Lipinski definition) is 1. The van der Waals surface area contributed by atoms with Crippen LogP contribution in [0.2, 0.25) is 0 Å². The van der Waals surface area contributed by atoms with E-state index >= 15 is 0 Å². The van der Waals surface area contributed by atoms with Crippen molar-refractivity contribution in [2.45, 2.75) is 45.4 Å². The summed E-state index contributed by atoms with van der Waals surface area (Å²) in [6.45, 7) is 3.48. The number of nitrogens with one attached hydrogen (secondary N) is 1. The second kappa shape index (κ2) is 10.8. The Balaban J connectivity index is 2.06. The summed E-state index contributed by atoms with van der Waals surface area (Å²) in [6, 6.07) is 18.3. The van der Waals surface area contributed by atoms with Crippen LogP contribution >= 0.6 is 0 Å². The minimum Gasteiger partial charge on any atom is -0.443 e. The number of nitrogens with zero attached hydrogens (tertiary/aromatic N) is 1. The normalized spacial score (nSPS) is 12.3. The maximum absolute atomic E-state index is 12.7. The van der Waals surface area contributed by atoms with Crippen LogP contribution in [0.15, 0.2) is 60.7 Å². The molecule has 0 saturated heterocycles. The molecule has 1 atom stereocenters. The molecule has 2 rings (SSSR count). The molecule has 0 aliphatic rings. The summed E-state index contributed by atoms with van der Waals surface area (Å²) in [5.41, 5.74) is 2.68. The van der Waals surface area contributed by atoms with Gasteiger partial charge in [-0.25, -0.2) is 20.0 Å². The number of benzene rings is 2. The fraction of sp³-hybridized carbons (Fsp3) is 0.318. The molecule has 1 unspecified atom stereocenters. The molecule has 0 fully saturated rings. The smallest absolute Gasteiger partial charge is 0.430 e. The van der Waals surface area contributed by atoms with E-state index in [-0.39, 0.29) is 13.2 Å². The van der Waals surface area contributed by atoms with Gasteiger partial charge in [0.25, 0.3) is 0 Å². The number of carbonyl (C=O) groups is 3. The Morgan fingerprint density at radius 2 is 1.48 bits per heavy atom. The van der Waals surface area contributed by atoms with Crippen LogP contribution in [-0.4, -0.2) is 29.0 Å². The Labute approximate surface area is 170 Å². The summed E-state index contributed by atoms with van der Waals surface area (Å²) in [6.07, 6.45) is -0.102. The minimum absolute atomic E-state index is 0.0119. The minimum atomic E-state index is -1.27. The molecule has 0 radical (unpaired) electrons. The fourth-order valence-electron chi connectivity index (χ4n) is 2.74. The van der Waals surface area contributed by atoms with Crippen LogP contribution in [0.3, 0.4) is 0 Å². The van der Waals surface area contributed by atoms with E-state index < -0.39 is 17.7 Å². The lowest BCUT2D eigenvalue weighted by atomic mass is 9.98. The number of hydrogen-bond acceptors (Lipinski definition) is 5. The van der Waals surface area contributed by atoms with Gasteiger partial charge in [-0.3, -0.25) is 0 Å². The lowest BCUT2D eigenvalue weighted by Crippen LogP contribution is -2.59. The molecule has 0 aliphatic heterocycles. The van der Waals surface area contributed by atoms with Crippen LogP contribution in [0.5, 0.6) is 0 Å². The average molecular weight is 398 g/mol. The van der Waals surface area contributed by atoms with Crippen molar-refractivity contribution in [1.82, 2.24) is 10.4 Å². The quantitative estimate of drug-likeness (QED) is 0.531. The lowest BCUT2D eigenvalue weighted by Gasteiger charge is -2.35. The Morgan fingerprint density at radius 3 is 1.97 bits per heavy atom. The molecule has 7 nitrogen and oxygen atoms in total. The molecule has 154 valence electrons. The van der Waals surface area contributed by atoms with Crippen LogP contribution in [0.1, 0.15) is 37.8 Å². The van der Waals surface area contributed by atoms with E-state index in [1.165, 1.54) is 0 Å². The van der Waals surface area contributed by atoms with Crippen LogP contribution < -0.4 is 5.43 Å². The van der Waals surface area contributed by atoms with Gasteiger partial charge in [-0.15, -0.1) is 0 Å². The number of ether oxygens (including phenoxy) is 2. The van der Waals surface area contributed by atoms with Crippen LogP contribution in [0.4, 0.5) is 9.59 Å². The molecule has 0 heterocycles. The summed E-state index contributed by atoms with van der Waals surface area (Å²) < 4.78 is 10.5. The molecule has 1 N–H and O–H groups in total. The van der Waals surface area contributed by atoms with Crippen molar-refractivity contribution in [2.24, 2.45) is 0 Å². The molecular formula is C22H26N2O5. The molecule has 0 saturated carbocycles. The van der Waals surface area contributed by atoms with E-state index in [0.717, 1.165) is 16.1 Å². The first-order valence-corrected chi connectivity index (χ1v) is 9.43. The number of aldehydes is 1. The van der Waals surface area contributed by atoms with Crippen molar-refractivity contribution in [3.05, 3.63) is 71.8 Å². The zero-order valence-corrected chi connectivity index (χ0v) is 16.7. The number of hydrazine groups is 1. The number of rotatable bonds is 8. The molecule has 2 aromatic carbocycles. The zero-order chi connectivity index (χ0) is 21.1. The van der Waals surface area contributed by atoms with Crippen LogP contribution in [0, 0.1) is 0 Å². The summed E-state index contributed by atoms with van der Waals surface area (Å²) in [4.78, 5) is 36.7. The summed E-state index contributed by atoms with van der Waals surface area (Å²) in [5.74, 6) is 0. The van der Waals surface area contributed by atoms with E-state index in [2.05, 4.69) is 5.43 Å². The van der Waals surface area contributed by atoms with Gasteiger partial charge in [-0.1, -0.05) is 74.0 Å². The van der Waals surface area contributed by atoms with E-state index in [0.29, 0.717) is 19.1 Å². The predicted molar refractivity (Wildman–Crippen MR) is 108 cm³/mol. The Morgan fingerprint density at radius 1 is 0.966 bits per heavy atom. The standard InChI is InChI=1S/C22H26N2O5/c1-3-14-22(2,17-25)24(21(27)29-16-19-12-8-5-9-13-19)23-20(26)28-15-18-10-6-4-7-11-18/h4-13,17H,3,14-16H2,1-2H3,(H,23,26). The third-order valence-corrected chi connectivity index (χ3v) is 4.32. The number of amides is 2. The van der Waals surface area contributed by atoms with Crippen molar-refractivity contribution in [3.63, 3.8) is 0 Å². The van der Waals surface area contributed by atoms with Gasteiger partial charge in [0.05, 0.1) is 0 Å². The van der Waals surface area contributed by atoms with Gasteiger partial charge >= 0.3 is 12.2 Å². The topological polar surface area (TPSA) is 84.9 Å². The van der Waals surface area contributed by atoms with Gasteiger partial charge in [0.1, 0.15) is 25.0 Å². The monoisotopic (exact) mass is 398 g/mol. The first kappa shape index (κ1) is 21.9. The largest absolute Gasteiger partial charge is 0.443 e. The Hall–Kier alpha value is -3.35. The van der Waals surface area contributed by atoms with E-state index in [4.69, 9.17) is 9.47 Å². The van der Waals surface area contributed by atoms with Gasteiger partial charge in [0, 0.05) is 0 Å². The molecular weight excluding hydrogens is 372 g/mol. The molecule has 0 bridgehead atoms. The second-order valence-electron chi connectivity index (χ2n) is 6.77. The third-order valence-electron chi connectivity index (χ3n) is 4.32. The van der Waals surface area contributed by atoms with Crippen molar-refractivity contribution in [2.75, 3.05) is 0 Å². The average Bonchev–Trinajstić information content (AvgIpc) is 2.76. The molecule has 0 aromatic heterocycles. The lowest BCUT2D eigenvalue weighted by molar-refractivity contribution is -0.119. The van der Waals surface area contributed by atoms with E-state index in [1.54, 1.807) is 6.92 Å². The van der Waals surface area contributed by atoms with Gasteiger partial charge in [0.2, 0.25) is 0 Å². The predicted octanol–water partition coefficient (Wildman–Crippen LogP) is 4.22.